The van der Waals surface area contributed by atoms with Crippen molar-refractivity contribution in [2.45, 2.75) is 46.2 Å². The van der Waals surface area contributed by atoms with E-state index >= 15 is 0 Å². The summed E-state index contributed by atoms with van der Waals surface area (Å²) in [5, 5.41) is 0.100. The highest BCUT2D eigenvalue weighted by atomic mass is 19.1. The number of fused-ring (bicyclic) bond motifs is 2. The van der Waals surface area contributed by atoms with Crippen LogP contribution in [0.5, 0.6) is 11.5 Å². The predicted molar refractivity (Wildman–Crippen MR) is 143 cm³/mol. The topological polar surface area (TPSA) is 69.0 Å². The second-order valence-electron chi connectivity index (χ2n) is 9.48. The lowest BCUT2D eigenvalue weighted by atomic mass is 9.97. The van der Waals surface area contributed by atoms with Gasteiger partial charge in [0.25, 0.3) is 5.91 Å². The van der Waals surface area contributed by atoms with Crippen LogP contribution < -0.4 is 14.9 Å². The average Bonchev–Trinajstić information content (AvgIpc) is 3.18. The van der Waals surface area contributed by atoms with E-state index in [9.17, 15) is 14.0 Å². The number of unbranched alkanes of at least 4 members (excludes halogenated alkanes) is 1. The molecule has 1 amide bonds. The number of nitrogens with zero attached hydrogens (tertiary/aromatic N) is 1. The van der Waals surface area contributed by atoms with E-state index in [1.807, 2.05) is 56.3 Å². The summed E-state index contributed by atoms with van der Waals surface area (Å²) in [6, 6.07) is 16.3. The van der Waals surface area contributed by atoms with Crippen LogP contribution >= 0.6 is 0 Å². The second-order valence-corrected chi connectivity index (χ2v) is 9.48. The Morgan fingerprint density at radius 3 is 2.47 bits per heavy atom. The summed E-state index contributed by atoms with van der Waals surface area (Å²) in [5.74, 6) is 0.178. The molecule has 0 bridgehead atoms. The average molecular weight is 516 g/mol. The number of benzene rings is 3. The molecule has 4 aromatic rings. The maximum absolute atomic E-state index is 14.1. The molecule has 0 radical (unpaired) electrons. The van der Waals surface area contributed by atoms with E-state index in [1.54, 1.807) is 4.90 Å². The van der Waals surface area contributed by atoms with E-state index in [0.717, 1.165) is 30.0 Å². The maximum Gasteiger partial charge on any atom is 0.291 e. The first-order valence-corrected chi connectivity index (χ1v) is 12.9. The molecule has 7 heteroatoms. The Balaban J connectivity index is 1.66. The van der Waals surface area contributed by atoms with Gasteiger partial charge in [-0.2, -0.15) is 0 Å². The third kappa shape index (κ3) is 4.76. The molecule has 0 aliphatic carbocycles. The molecule has 1 aromatic heterocycles. The smallest absolute Gasteiger partial charge is 0.291 e. The Kier molecular flexibility index (Phi) is 7.18. The van der Waals surface area contributed by atoms with Gasteiger partial charge in [-0.25, -0.2) is 4.39 Å². The number of hydrogen-bond donors (Lipinski definition) is 0. The lowest BCUT2D eigenvalue weighted by molar-refractivity contribution is 0.0714. The van der Waals surface area contributed by atoms with Gasteiger partial charge < -0.3 is 18.8 Å². The van der Waals surface area contributed by atoms with Gasteiger partial charge in [-0.15, -0.1) is 0 Å². The van der Waals surface area contributed by atoms with Gasteiger partial charge >= 0.3 is 0 Å². The SMILES string of the molecule is CCCCOc1ccc(C2c3c(oc4ccc(F)cc4c3=O)C(=O)N2Cc2ccc(C)cc2)cc1OCC. The van der Waals surface area contributed by atoms with Crippen molar-refractivity contribution in [3.05, 3.63) is 105 Å². The van der Waals surface area contributed by atoms with Crippen molar-refractivity contribution in [1.82, 2.24) is 4.90 Å². The number of hydrogen-bond acceptors (Lipinski definition) is 5. The zero-order chi connectivity index (χ0) is 26.8. The molecule has 3 aromatic carbocycles. The molecule has 1 aliphatic rings. The summed E-state index contributed by atoms with van der Waals surface area (Å²) in [5.41, 5.74) is 2.64. The molecular weight excluding hydrogens is 485 g/mol. The zero-order valence-electron chi connectivity index (χ0n) is 21.8. The third-order valence-electron chi connectivity index (χ3n) is 6.74. The molecule has 0 saturated heterocycles. The van der Waals surface area contributed by atoms with Gasteiger partial charge in [-0.05, 0) is 61.7 Å². The maximum atomic E-state index is 14.1. The van der Waals surface area contributed by atoms with Gasteiger partial charge in [-0.3, -0.25) is 9.59 Å². The highest BCUT2D eigenvalue weighted by Gasteiger charge is 2.43. The fourth-order valence-corrected chi connectivity index (χ4v) is 4.80. The molecule has 5 rings (SSSR count). The summed E-state index contributed by atoms with van der Waals surface area (Å²) in [7, 11) is 0. The van der Waals surface area contributed by atoms with Gasteiger partial charge in [0.15, 0.2) is 16.9 Å². The van der Waals surface area contributed by atoms with Crippen molar-refractivity contribution in [2.75, 3.05) is 13.2 Å². The molecule has 0 spiro atoms. The molecule has 2 heterocycles. The van der Waals surface area contributed by atoms with Crippen LogP contribution in [0.25, 0.3) is 11.0 Å². The summed E-state index contributed by atoms with van der Waals surface area (Å²) >= 11 is 0. The first-order chi connectivity index (χ1) is 18.4. The van der Waals surface area contributed by atoms with E-state index in [2.05, 4.69) is 6.92 Å². The van der Waals surface area contributed by atoms with Gasteiger partial charge in [-0.1, -0.05) is 49.2 Å². The molecule has 1 atom stereocenters. The number of carbonyl (C=O) groups is 1. The van der Waals surface area contributed by atoms with Crippen molar-refractivity contribution in [1.29, 1.82) is 0 Å². The highest BCUT2D eigenvalue weighted by molar-refractivity contribution is 5.99. The van der Waals surface area contributed by atoms with Crippen molar-refractivity contribution in [2.24, 2.45) is 0 Å². The first-order valence-electron chi connectivity index (χ1n) is 12.9. The van der Waals surface area contributed by atoms with Crippen LogP contribution in [0.15, 0.2) is 69.9 Å². The van der Waals surface area contributed by atoms with Gasteiger partial charge in [0, 0.05) is 6.54 Å². The van der Waals surface area contributed by atoms with Gasteiger partial charge in [0.1, 0.15) is 11.4 Å². The fraction of sp³-hybridized carbons (Fsp3) is 0.290. The standard InChI is InChI=1S/C31H30FNO5/c1-4-6-15-37-25-13-11-21(16-26(25)36-5-2)28-27-29(34)23-17-22(32)12-14-24(23)38-30(27)31(35)33(28)18-20-9-7-19(3)8-10-20/h7-14,16-17,28H,4-6,15,18H2,1-3H3. The minimum atomic E-state index is -0.744. The zero-order valence-corrected chi connectivity index (χ0v) is 21.8. The van der Waals surface area contributed by atoms with Crippen LogP contribution in [0.2, 0.25) is 0 Å². The number of ether oxygens (including phenoxy) is 2. The minimum Gasteiger partial charge on any atom is -0.490 e. The Labute approximate surface area is 220 Å². The molecule has 0 N–H and O–H groups in total. The van der Waals surface area contributed by atoms with E-state index in [0.29, 0.717) is 30.3 Å². The highest BCUT2D eigenvalue weighted by Crippen LogP contribution is 2.42. The van der Waals surface area contributed by atoms with Crippen LogP contribution in [0.4, 0.5) is 4.39 Å². The summed E-state index contributed by atoms with van der Waals surface area (Å²) < 4.78 is 31.9. The molecule has 6 nitrogen and oxygen atoms in total. The largest absolute Gasteiger partial charge is 0.490 e. The molecule has 38 heavy (non-hydrogen) atoms. The predicted octanol–water partition coefficient (Wildman–Crippen LogP) is 6.56. The Morgan fingerprint density at radius 2 is 1.74 bits per heavy atom. The molecule has 0 saturated carbocycles. The van der Waals surface area contributed by atoms with Gasteiger partial charge in [0.05, 0.1) is 30.2 Å². The summed E-state index contributed by atoms with van der Waals surface area (Å²) in [6.45, 7) is 7.21. The van der Waals surface area contributed by atoms with Crippen LogP contribution in [0, 0.1) is 12.7 Å². The van der Waals surface area contributed by atoms with E-state index in [-0.39, 0.29) is 28.8 Å². The van der Waals surface area contributed by atoms with Crippen LogP contribution in [0.1, 0.15) is 65.5 Å². The quantitative estimate of drug-likeness (QED) is 0.236. The molecule has 1 aliphatic heterocycles. The number of halogens is 1. The monoisotopic (exact) mass is 515 g/mol. The Bertz CT molecular complexity index is 1540. The fourth-order valence-electron chi connectivity index (χ4n) is 4.80. The number of carbonyl (C=O) groups excluding carboxylic acids is 1. The van der Waals surface area contributed by atoms with Crippen molar-refractivity contribution < 1.29 is 23.1 Å². The Hall–Kier alpha value is -4.13. The van der Waals surface area contributed by atoms with Crippen molar-refractivity contribution >= 4 is 16.9 Å². The van der Waals surface area contributed by atoms with Crippen LogP contribution in [0.3, 0.4) is 0 Å². The summed E-state index contributed by atoms with van der Waals surface area (Å²) in [4.78, 5) is 29.1. The molecule has 1 unspecified atom stereocenters. The number of rotatable bonds is 9. The van der Waals surface area contributed by atoms with E-state index < -0.39 is 23.2 Å². The molecule has 0 fully saturated rings. The second kappa shape index (κ2) is 10.7. The summed E-state index contributed by atoms with van der Waals surface area (Å²) in [6.07, 6.45) is 1.91. The van der Waals surface area contributed by atoms with Crippen molar-refractivity contribution in [3.63, 3.8) is 0 Å². The lowest BCUT2D eigenvalue weighted by Gasteiger charge is -2.26. The first kappa shape index (κ1) is 25.5. The molecular formula is C31H30FNO5. The minimum absolute atomic E-state index is 0.0209. The van der Waals surface area contributed by atoms with Crippen molar-refractivity contribution in [3.8, 4) is 11.5 Å². The lowest BCUT2D eigenvalue weighted by Crippen LogP contribution is -2.29. The molecule has 196 valence electrons. The van der Waals surface area contributed by atoms with E-state index in [1.165, 1.54) is 12.1 Å². The third-order valence-corrected chi connectivity index (χ3v) is 6.74. The van der Waals surface area contributed by atoms with E-state index in [4.69, 9.17) is 13.9 Å². The van der Waals surface area contributed by atoms with Gasteiger partial charge in [0.2, 0.25) is 5.76 Å². The van der Waals surface area contributed by atoms with Crippen LogP contribution in [-0.4, -0.2) is 24.0 Å². The number of aryl methyl sites for hydroxylation is 1. The normalized spacial score (nSPS) is 14.7. The Morgan fingerprint density at radius 1 is 0.947 bits per heavy atom. The number of amides is 1. The van der Waals surface area contributed by atoms with Crippen LogP contribution in [-0.2, 0) is 6.54 Å².